The van der Waals surface area contributed by atoms with Crippen LogP contribution in [0.25, 0.3) is 0 Å². The quantitative estimate of drug-likeness (QED) is 0.731. The largest absolute Gasteiger partial charge is 0.484 e. The molecule has 0 spiro atoms. The first kappa shape index (κ1) is 16.4. The van der Waals surface area contributed by atoms with Gasteiger partial charge in [-0.2, -0.15) is 4.98 Å². The van der Waals surface area contributed by atoms with Crippen LogP contribution >= 0.6 is 11.8 Å². The third-order valence-electron chi connectivity index (χ3n) is 2.83. The number of aryl methyl sites for hydroxylation is 1. The van der Waals surface area contributed by atoms with Gasteiger partial charge in [0.1, 0.15) is 5.75 Å². The number of H-pyrrole nitrogens is 1. The third kappa shape index (κ3) is 5.07. The highest BCUT2D eigenvalue weighted by Crippen LogP contribution is 2.14. The number of benzene rings is 1. The molecule has 0 radical (unpaired) electrons. The van der Waals surface area contributed by atoms with Crippen LogP contribution < -0.4 is 10.1 Å². The number of hydrogen-bond acceptors (Lipinski definition) is 5. The molecule has 1 amide bonds. The molecular weight excluding hydrogens is 300 g/mol. The second-order valence-corrected chi connectivity index (χ2v) is 5.86. The summed E-state index contributed by atoms with van der Waals surface area (Å²) in [5.74, 6) is 1.61. The van der Waals surface area contributed by atoms with E-state index in [2.05, 4.69) is 27.4 Å². The van der Waals surface area contributed by atoms with E-state index >= 15 is 0 Å². The van der Waals surface area contributed by atoms with E-state index in [4.69, 9.17) is 4.74 Å². The number of anilines is 1. The molecule has 22 heavy (non-hydrogen) atoms. The van der Waals surface area contributed by atoms with Crippen molar-refractivity contribution in [2.75, 3.05) is 17.7 Å². The summed E-state index contributed by atoms with van der Waals surface area (Å²) < 4.78 is 5.45. The minimum atomic E-state index is -0.276. The van der Waals surface area contributed by atoms with Crippen LogP contribution in [0.4, 0.5) is 5.95 Å². The van der Waals surface area contributed by atoms with Gasteiger partial charge in [0.05, 0.1) is 0 Å². The number of thioether (sulfide) groups is 1. The number of carbonyl (C=O) groups excluding carboxylic acids is 1. The Morgan fingerprint density at radius 3 is 2.77 bits per heavy atom. The molecule has 1 aromatic carbocycles. The fourth-order valence-electron chi connectivity index (χ4n) is 1.85. The second kappa shape index (κ2) is 8.43. The van der Waals surface area contributed by atoms with Gasteiger partial charge in [-0.3, -0.25) is 10.1 Å². The van der Waals surface area contributed by atoms with Gasteiger partial charge >= 0.3 is 0 Å². The minimum Gasteiger partial charge on any atom is -0.484 e. The maximum atomic E-state index is 11.8. The van der Waals surface area contributed by atoms with Crippen molar-refractivity contribution in [1.29, 1.82) is 0 Å². The molecule has 6 nitrogen and oxygen atoms in total. The number of nitrogens with zero attached hydrogens (tertiary/aromatic N) is 2. The first-order chi connectivity index (χ1) is 10.7. The molecule has 0 aliphatic heterocycles. The number of carbonyl (C=O) groups is 1. The molecule has 0 saturated carbocycles. The van der Waals surface area contributed by atoms with E-state index < -0.39 is 0 Å². The fraction of sp³-hybridized carbons (Fsp3) is 0.400. The highest BCUT2D eigenvalue weighted by Gasteiger charge is 2.08. The lowest BCUT2D eigenvalue weighted by molar-refractivity contribution is -0.118. The van der Waals surface area contributed by atoms with Crippen molar-refractivity contribution in [3.8, 4) is 5.75 Å². The first-order valence-corrected chi connectivity index (χ1v) is 8.26. The van der Waals surface area contributed by atoms with Gasteiger partial charge in [0.15, 0.2) is 6.61 Å². The van der Waals surface area contributed by atoms with E-state index in [0.29, 0.717) is 16.9 Å². The van der Waals surface area contributed by atoms with E-state index in [1.54, 1.807) is 0 Å². The van der Waals surface area contributed by atoms with Crippen molar-refractivity contribution < 1.29 is 9.53 Å². The summed E-state index contributed by atoms with van der Waals surface area (Å²) in [6, 6.07) is 7.79. The number of amides is 1. The van der Waals surface area contributed by atoms with Crippen molar-refractivity contribution in [3.63, 3.8) is 0 Å². The lowest BCUT2D eigenvalue weighted by Crippen LogP contribution is -2.20. The zero-order chi connectivity index (χ0) is 15.8. The monoisotopic (exact) mass is 320 g/mol. The molecule has 0 atom stereocenters. The molecule has 1 aromatic heterocycles. The molecule has 0 bridgehead atoms. The minimum absolute atomic E-state index is 0.0654. The van der Waals surface area contributed by atoms with E-state index in [0.717, 1.165) is 18.6 Å². The van der Waals surface area contributed by atoms with Crippen molar-refractivity contribution in [3.05, 3.63) is 29.8 Å². The van der Waals surface area contributed by atoms with Gasteiger partial charge in [0.2, 0.25) is 11.1 Å². The summed E-state index contributed by atoms with van der Waals surface area (Å²) in [7, 11) is 0. The molecule has 0 fully saturated rings. The summed E-state index contributed by atoms with van der Waals surface area (Å²) >= 11 is 1.50. The Morgan fingerprint density at radius 1 is 1.32 bits per heavy atom. The van der Waals surface area contributed by atoms with Gasteiger partial charge in [0.25, 0.3) is 5.91 Å². The number of ether oxygens (including phenoxy) is 1. The van der Waals surface area contributed by atoms with Crippen LogP contribution in [-0.4, -0.2) is 33.4 Å². The number of rotatable bonds is 8. The van der Waals surface area contributed by atoms with Crippen LogP contribution in [-0.2, 0) is 11.2 Å². The Hall–Kier alpha value is -2.02. The molecule has 1 heterocycles. The molecule has 2 rings (SSSR count). The van der Waals surface area contributed by atoms with Gasteiger partial charge < -0.3 is 4.74 Å². The van der Waals surface area contributed by atoms with Crippen molar-refractivity contribution in [1.82, 2.24) is 15.2 Å². The molecule has 2 N–H and O–H groups in total. The number of aromatic amines is 1. The standard InChI is InChI=1S/C15H20N4O2S/c1-3-5-11-6-8-12(9-7-11)21-10-13(20)16-14-17-15(19-18-14)22-4-2/h6-9H,3-5,10H2,1-2H3,(H2,16,17,18,19,20). The summed E-state index contributed by atoms with van der Waals surface area (Å²) in [6.45, 7) is 4.09. The van der Waals surface area contributed by atoms with Crippen molar-refractivity contribution >= 4 is 23.6 Å². The molecule has 0 unspecified atom stereocenters. The highest BCUT2D eigenvalue weighted by atomic mass is 32.2. The Balaban J connectivity index is 1.79. The zero-order valence-corrected chi connectivity index (χ0v) is 13.6. The third-order valence-corrected chi connectivity index (χ3v) is 3.56. The Labute approximate surface area is 134 Å². The number of nitrogens with one attached hydrogen (secondary N) is 2. The summed E-state index contributed by atoms with van der Waals surface area (Å²) in [4.78, 5) is 15.9. The first-order valence-electron chi connectivity index (χ1n) is 7.28. The molecule has 2 aromatic rings. The molecule has 0 saturated heterocycles. The lowest BCUT2D eigenvalue weighted by atomic mass is 10.1. The molecule has 7 heteroatoms. The normalized spacial score (nSPS) is 10.5. The lowest BCUT2D eigenvalue weighted by Gasteiger charge is -2.06. The predicted molar refractivity (Wildman–Crippen MR) is 87.3 cm³/mol. The van der Waals surface area contributed by atoms with E-state index in [-0.39, 0.29) is 12.5 Å². The van der Waals surface area contributed by atoms with Crippen LogP contribution in [0.2, 0.25) is 0 Å². The van der Waals surface area contributed by atoms with E-state index in [1.807, 2.05) is 31.2 Å². The highest BCUT2D eigenvalue weighted by molar-refractivity contribution is 7.99. The molecule has 0 aliphatic carbocycles. The SMILES string of the molecule is CCCc1ccc(OCC(=O)Nc2nc(SCC)n[nH]2)cc1. The van der Waals surface area contributed by atoms with Crippen molar-refractivity contribution in [2.24, 2.45) is 0 Å². The smallest absolute Gasteiger partial charge is 0.264 e. The summed E-state index contributed by atoms with van der Waals surface area (Å²) in [5.41, 5.74) is 1.27. The Kier molecular flexibility index (Phi) is 6.27. The van der Waals surface area contributed by atoms with Gasteiger partial charge in [-0.25, -0.2) is 5.10 Å². The summed E-state index contributed by atoms with van der Waals surface area (Å²) in [5, 5.41) is 9.88. The van der Waals surface area contributed by atoms with Gasteiger partial charge in [-0.1, -0.05) is 44.2 Å². The average molecular weight is 320 g/mol. The van der Waals surface area contributed by atoms with Crippen LogP contribution in [0.1, 0.15) is 25.8 Å². The van der Waals surface area contributed by atoms with Crippen molar-refractivity contribution in [2.45, 2.75) is 31.8 Å². The fourth-order valence-corrected chi connectivity index (χ4v) is 2.38. The molecule has 0 aliphatic rings. The predicted octanol–water partition coefficient (Wildman–Crippen LogP) is 2.89. The van der Waals surface area contributed by atoms with Crippen LogP contribution in [0.3, 0.4) is 0 Å². The number of hydrogen-bond donors (Lipinski definition) is 2. The number of aromatic nitrogens is 3. The van der Waals surface area contributed by atoms with Crippen LogP contribution in [0, 0.1) is 0 Å². The Bertz CT molecular complexity index is 598. The van der Waals surface area contributed by atoms with Gasteiger partial charge in [0, 0.05) is 0 Å². The average Bonchev–Trinajstić information content (AvgIpc) is 2.94. The molecular formula is C15H20N4O2S. The van der Waals surface area contributed by atoms with Crippen LogP contribution in [0.5, 0.6) is 5.75 Å². The van der Waals surface area contributed by atoms with E-state index in [1.165, 1.54) is 17.3 Å². The maximum Gasteiger partial charge on any atom is 0.264 e. The second-order valence-electron chi connectivity index (χ2n) is 4.63. The van der Waals surface area contributed by atoms with Gasteiger partial charge in [-0.05, 0) is 29.9 Å². The van der Waals surface area contributed by atoms with Gasteiger partial charge in [-0.15, -0.1) is 5.10 Å². The summed E-state index contributed by atoms with van der Waals surface area (Å²) in [6.07, 6.45) is 2.16. The molecule has 118 valence electrons. The maximum absolute atomic E-state index is 11.8. The Morgan fingerprint density at radius 2 is 2.09 bits per heavy atom. The van der Waals surface area contributed by atoms with E-state index in [9.17, 15) is 4.79 Å². The van der Waals surface area contributed by atoms with Crippen LogP contribution in [0.15, 0.2) is 29.4 Å². The zero-order valence-electron chi connectivity index (χ0n) is 12.8. The topological polar surface area (TPSA) is 79.9 Å².